The predicted molar refractivity (Wildman–Crippen MR) is 110 cm³/mol. The molecule has 0 aliphatic carbocycles. The molecule has 0 bridgehead atoms. The zero-order valence-electron chi connectivity index (χ0n) is 16.3. The summed E-state index contributed by atoms with van der Waals surface area (Å²) < 4.78 is 15.7. The molecule has 154 valence electrons. The molecular formula is C22H20ClFN3O3+. The van der Waals surface area contributed by atoms with Crippen molar-refractivity contribution in [1.29, 1.82) is 0 Å². The Morgan fingerprint density at radius 2 is 1.73 bits per heavy atom. The van der Waals surface area contributed by atoms with Crippen LogP contribution in [0.3, 0.4) is 0 Å². The largest absolute Gasteiger partial charge is 0.336 e. The van der Waals surface area contributed by atoms with Gasteiger partial charge in [0.1, 0.15) is 5.82 Å². The van der Waals surface area contributed by atoms with Crippen LogP contribution in [0, 0.1) is 15.9 Å². The number of amides is 1. The van der Waals surface area contributed by atoms with Gasteiger partial charge in [0, 0.05) is 48.4 Å². The average Bonchev–Trinajstić information content (AvgIpc) is 2.72. The number of carbonyl (C=O) groups excluding carboxylic acids is 1. The predicted octanol–water partition coefficient (Wildman–Crippen LogP) is 3.92. The summed E-state index contributed by atoms with van der Waals surface area (Å²) in [4.78, 5) is 24.2. The lowest BCUT2D eigenvalue weighted by molar-refractivity contribution is -0.685. The number of non-ortho nitro benzene ring substituents is 1. The van der Waals surface area contributed by atoms with Crippen molar-refractivity contribution >= 4 is 23.2 Å². The zero-order chi connectivity index (χ0) is 21.7. The Labute approximate surface area is 178 Å². The van der Waals surface area contributed by atoms with Gasteiger partial charge in [0.2, 0.25) is 6.54 Å². The quantitative estimate of drug-likeness (QED) is 0.325. The lowest BCUT2D eigenvalue weighted by atomic mass is 10.1. The average molecular weight is 429 g/mol. The zero-order valence-corrected chi connectivity index (χ0v) is 17.1. The molecule has 0 saturated heterocycles. The van der Waals surface area contributed by atoms with E-state index in [-0.39, 0.29) is 29.7 Å². The summed E-state index contributed by atoms with van der Waals surface area (Å²) in [5, 5.41) is 11.0. The molecule has 30 heavy (non-hydrogen) atoms. The Balaban J connectivity index is 1.59. The van der Waals surface area contributed by atoms with Gasteiger partial charge in [0.25, 0.3) is 11.6 Å². The van der Waals surface area contributed by atoms with Crippen LogP contribution in [-0.2, 0) is 24.3 Å². The van der Waals surface area contributed by atoms with E-state index in [0.29, 0.717) is 12.0 Å². The van der Waals surface area contributed by atoms with Gasteiger partial charge in [-0.25, -0.2) is 4.39 Å². The van der Waals surface area contributed by atoms with Crippen LogP contribution in [0.2, 0.25) is 5.02 Å². The molecule has 8 heteroatoms. The molecule has 1 heterocycles. The van der Waals surface area contributed by atoms with E-state index in [4.69, 9.17) is 11.6 Å². The van der Waals surface area contributed by atoms with Crippen molar-refractivity contribution in [2.75, 3.05) is 7.05 Å². The number of halogens is 2. The molecule has 0 saturated carbocycles. The number of nitrogens with zero attached hydrogens (tertiary/aromatic N) is 3. The Bertz CT molecular complexity index is 1040. The van der Waals surface area contributed by atoms with Gasteiger partial charge in [0.05, 0.1) is 4.92 Å². The first-order chi connectivity index (χ1) is 14.3. The minimum atomic E-state index is -0.439. The Hall–Kier alpha value is -3.32. The van der Waals surface area contributed by atoms with Crippen LogP contribution in [-0.4, -0.2) is 22.8 Å². The maximum Gasteiger partial charge on any atom is 0.288 e. The van der Waals surface area contributed by atoms with E-state index in [0.717, 1.165) is 11.1 Å². The number of carbonyl (C=O) groups is 1. The maximum atomic E-state index is 13.9. The van der Waals surface area contributed by atoms with Crippen LogP contribution >= 0.6 is 11.6 Å². The van der Waals surface area contributed by atoms with Crippen molar-refractivity contribution in [3.05, 3.63) is 105 Å². The third-order valence-electron chi connectivity index (χ3n) is 4.72. The van der Waals surface area contributed by atoms with Crippen molar-refractivity contribution in [2.45, 2.75) is 19.5 Å². The summed E-state index contributed by atoms with van der Waals surface area (Å²) in [6.07, 6.45) is 4.21. The van der Waals surface area contributed by atoms with Crippen LogP contribution in [0.15, 0.2) is 67.0 Å². The van der Waals surface area contributed by atoms with Gasteiger partial charge in [-0.2, -0.15) is 4.57 Å². The Morgan fingerprint density at radius 1 is 1.10 bits per heavy atom. The van der Waals surface area contributed by atoms with Crippen LogP contribution in [0.4, 0.5) is 10.1 Å². The van der Waals surface area contributed by atoms with E-state index in [9.17, 15) is 19.3 Å². The fourth-order valence-electron chi connectivity index (χ4n) is 2.97. The highest BCUT2D eigenvalue weighted by atomic mass is 35.5. The topological polar surface area (TPSA) is 67.3 Å². The number of hydrogen-bond donors (Lipinski definition) is 0. The minimum Gasteiger partial charge on any atom is -0.336 e. The van der Waals surface area contributed by atoms with Gasteiger partial charge in [-0.05, 0) is 29.7 Å². The highest BCUT2D eigenvalue weighted by molar-refractivity contribution is 6.31. The molecule has 0 atom stereocenters. The van der Waals surface area contributed by atoms with E-state index < -0.39 is 10.7 Å². The van der Waals surface area contributed by atoms with E-state index in [1.165, 1.54) is 29.2 Å². The summed E-state index contributed by atoms with van der Waals surface area (Å²) in [6, 6.07) is 14.6. The van der Waals surface area contributed by atoms with Gasteiger partial charge < -0.3 is 4.90 Å². The van der Waals surface area contributed by atoms with Crippen LogP contribution < -0.4 is 4.57 Å². The fourth-order valence-corrected chi connectivity index (χ4v) is 3.19. The standard InChI is InChI=1S/C22H20ClFN3O3/c1-25(14-19-20(23)3-2-4-21(19)24)22(28)15-26-11-9-17(10-12-26)13-16-5-7-18(8-6-16)27(29)30/h2-12H,13-15H2,1H3/q+1. The molecule has 0 N–H and O–H groups in total. The number of nitro groups is 1. The molecule has 0 radical (unpaired) electrons. The molecule has 0 fully saturated rings. The number of rotatable bonds is 7. The van der Waals surface area contributed by atoms with Crippen molar-refractivity contribution in [3.63, 3.8) is 0 Å². The molecule has 0 aliphatic rings. The smallest absolute Gasteiger partial charge is 0.288 e. The molecule has 1 amide bonds. The van der Waals surface area contributed by atoms with E-state index in [1.807, 2.05) is 12.1 Å². The normalized spacial score (nSPS) is 10.6. The third kappa shape index (κ3) is 5.39. The van der Waals surface area contributed by atoms with E-state index >= 15 is 0 Å². The monoisotopic (exact) mass is 428 g/mol. The summed E-state index contributed by atoms with van der Waals surface area (Å²) in [5.41, 5.74) is 2.32. The molecule has 1 aromatic heterocycles. The molecule has 2 aromatic carbocycles. The van der Waals surface area contributed by atoms with Crippen LogP contribution in [0.1, 0.15) is 16.7 Å². The Kier molecular flexibility index (Phi) is 6.74. The molecule has 3 rings (SSSR count). The fraction of sp³-hybridized carbons (Fsp3) is 0.182. The number of nitro benzene ring substituents is 1. The minimum absolute atomic E-state index is 0.0592. The number of benzene rings is 2. The molecular weight excluding hydrogens is 409 g/mol. The number of aromatic nitrogens is 1. The van der Waals surface area contributed by atoms with Crippen LogP contribution in [0.5, 0.6) is 0 Å². The lowest BCUT2D eigenvalue weighted by Gasteiger charge is -2.17. The third-order valence-corrected chi connectivity index (χ3v) is 5.07. The molecule has 0 aliphatic heterocycles. The summed E-state index contributed by atoms with van der Waals surface area (Å²) in [6.45, 7) is 0.198. The van der Waals surface area contributed by atoms with Crippen molar-refractivity contribution in [1.82, 2.24) is 4.90 Å². The van der Waals surface area contributed by atoms with Crippen molar-refractivity contribution < 1.29 is 18.7 Å². The second-order valence-corrected chi connectivity index (χ2v) is 7.34. The first-order valence-corrected chi connectivity index (χ1v) is 9.59. The van der Waals surface area contributed by atoms with Gasteiger partial charge in [-0.3, -0.25) is 14.9 Å². The van der Waals surface area contributed by atoms with Gasteiger partial charge in [0.15, 0.2) is 12.4 Å². The lowest BCUT2D eigenvalue weighted by Crippen LogP contribution is -2.43. The van der Waals surface area contributed by atoms with Crippen LogP contribution in [0.25, 0.3) is 0 Å². The molecule has 0 unspecified atom stereocenters. The van der Waals surface area contributed by atoms with Crippen molar-refractivity contribution in [2.24, 2.45) is 0 Å². The first kappa shape index (κ1) is 21.4. The summed E-state index contributed by atoms with van der Waals surface area (Å²) in [5.74, 6) is -0.618. The number of hydrogen-bond acceptors (Lipinski definition) is 3. The van der Waals surface area contributed by atoms with Gasteiger partial charge in [-0.1, -0.05) is 29.8 Å². The second kappa shape index (κ2) is 9.45. The first-order valence-electron chi connectivity index (χ1n) is 9.21. The van der Waals surface area contributed by atoms with Crippen molar-refractivity contribution in [3.8, 4) is 0 Å². The second-order valence-electron chi connectivity index (χ2n) is 6.93. The molecule has 3 aromatic rings. The number of likely N-dealkylation sites (N-methyl/N-ethyl adjacent to an activating group) is 1. The Morgan fingerprint density at radius 3 is 2.33 bits per heavy atom. The highest BCUT2D eigenvalue weighted by Crippen LogP contribution is 2.20. The van der Waals surface area contributed by atoms with Gasteiger partial charge in [-0.15, -0.1) is 0 Å². The maximum absolute atomic E-state index is 13.9. The van der Waals surface area contributed by atoms with E-state index in [1.54, 1.807) is 42.2 Å². The van der Waals surface area contributed by atoms with E-state index in [2.05, 4.69) is 0 Å². The SMILES string of the molecule is CN(Cc1c(F)cccc1Cl)C(=O)C[n+]1ccc(Cc2ccc([N+](=O)[O-])cc2)cc1. The molecule has 0 spiro atoms. The summed E-state index contributed by atoms with van der Waals surface area (Å²) in [7, 11) is 1.61. The number of pyridine rings is 1. The van der Waals surface area contributed by atoms with Gasteiger partial charge >= 0.3 is 0 Å². The molecule has 6 nitrogen and oxygen atoms in total. The highest BCUT2D eigenvalue weighted by Gasteiger charge is 2.18. The summed E-state index contributed by atoms with van der Waals surface area (Å²) >= 11 is 6.03.